The fourth-order valence-electron chi connectivity index (χ4n) is 3.54. The molecular formula is C18H23N3O3. The zero-order valence-corrected chi connectivity index (χ0v) is 13.9. The van der Waals surface area contributed by atoms with E-state index in [1.807, 2.05) is 37.3 Å². The summed E-state index contributed by atoms with van der Waals surface area (Å²) in [6.45, 7) is 3.96. The summed E-state index contributed by atoms with van der Waals surface area (Å²) in [5, 5.41) is 2.84. The van der Waals surface area contributed by atoms with Crippen LogP contribution in [0.1, 0.15) is 31.4 Å². The van der Waals surface area contributed by atoms with Gasteiger partial charge in [-0.1, -0.05) is 30.3 Å². The lowest BCUT2D eigenvalue weighted by molar-refractivity contribution is -0.138. The van der Waals surface area contributed by atoms with Crippen LogP contribution in [-0.4, -0.2) is 53.7 Å². The van der Waals surface area contributed by atoms with Crippen LogP contribution in [0.3, 0.4) is 0 Å². The quantitative estimate of drug-likeness (QED) is 0.897. The summed E-state index contributed by atoms with van der Waals surface area (Å²) in [6.07, 6.45) is 0.528. The first-order valence-electron chi connectivity index (χ1n) is 8.50. The molecule has 6 nitrogen and oxygen atoms in total. The van der Waals surface area contributed by atoms with Crippen molar-refractivity contribution in [3.63, 3.8) is 0 Å². The lowest BCUT2D eigenvalue weighted by atomic mass is 9.99. The van der Waals surface area contributed by atoms with Gasteiger partial charge in [0.1, 0.15) is 0 Å². The average molecular weight is 329 g/mol. The molecule has 2 aliphatic rings. The number of likely N-dealkylation sites (tertiary alicyclic amines) is 1. The first kappa shape index (κ1) is 16.5. The SMILES string of the molecule is CCN1C[C@H](C(=O)N2CCNC(=O)C[C@@H]2c2ccccc2)CC1=O. The molecule has 2 saturated heterocycles. The number of carbonyl (C=O) groups is 3. The Kier molecular flexibility index (Phi) is 4.83. The van der Waals surface area contributed by atoms with Crippen LogP contribution in [0, 0.1) is 5.92 Å². The second-order valence-corrected chi connectivity index (χ2v) is 6.35. The monoisotopic (exact) mass is 329 g/mol. The molecule has 2 aliphatic heterocycles. The maximum absolute atomic E-state index is 13.1. The second-order valence-electron chi connectivity index (χ2n) is 6.35. The predicted molar refractivity (Wildman–Crippen MR) is 88.9 cm³/mol. The highest BCUT2D eigenvalue weighted by atomic mass is 16.2. The number of hydrogen-bond acceptors (Lipinski definition) is 3. The highest BCUT2D eigenvalue weighted by Gasteiger charge is 2.39. The lowest BCUT2D eigenvalue weighted by Crippen LogP contribution is -2.41. The van der Waals surface area contributed by atoms with Gasteiger partial charge in [0.05, 0.1) is 18.4 Å². The molecule has 2 atom stereocenters. The van der Waals surface area contributed by atoms with Crippen LogP contribution in [0.4, 0.5) is 0 Å². The van der Waals surface area contributed by atoms with Gasteiger partial charge in [0.15, 0.2) is 0 Å². The second kappa shape index (κ2) is 7.03. The molecule has 2 fully saturated rings. The first-order chi connectivity index (χ1) is 11.6. The van der Waals surface area contributed by atoms with Gasteiger partial charge in [-0.05, 0) is 12.5 Å². The van der Waals surface area contributed by atoms with Crippen molar-refractivity contribution in [3.8, 4) is 0 Å². The van der Waals surface area contributed by atoms with Crippen molar-refractivity contribution in [2.45, 2.75) is 25.8 Å². The number of carbonyl (C=O) groups excluding carboxylic acids is 3. The van der Waals surface area contributed by atoms with Crippen molar-refractivity contribution >= 4 is 17.7 Å². The van der Waals surface area contributed by atoms with Crippen molar-refractivity contribution in [2.75, 3.05) is 26.2 Å². The number of rotatable bonds is 3. The van der Waals surface area contributed by atoms with Crippen LogP contribution in [0.25, 0.3) is 0 Å². The lowest BCUT2D eigenvalue weighted by Gasteiger charge is -2.31. The third-order valence-corrected chi connectivity index (χ3v) is 4.84. The molecule has 3 amide bonds. The van der Waals surface area contributed by atoms with Gasteiger partial charge in [-0.3, -0.25) is 14.4 Å². The van der Waals surface area contributed by atoms with Gasteiger partial charge in [0.2, 0.25) is 17.7 Å². The van der Waals surface area contributed by atoms with E-state index in [2.05, 4.69) is 5.32 Å². The van der Waals surface area contributed by atoms with E-state index in [4.69, 9.17) is 0 Å². The fraction of sp³-hybridized carbons (Fsp3) is 0.500. The smallest absolute Gasteiger partial charge is 0.228 e. The maximum atomic E-state index is 13.1. The van der Waals surface area contributed by atoms with E-state index in [0.717, 1.165) is 5.56 Å². The molecule has 0 spiro atoms. The number of benzene rings is 1. The average Bonchev–Trinajstić information content (AvgIpc) is 2.86. The Labute approximate surface area is 141 Å². The molecule has 1 N–H and O–H groups in total. The number of amides is 3. The molecule has 0 aliphatic carbocycles. The van der Waals surface area contributed by atoms with Gasteiger partial charge >= 0.3 is 0 Å². The number of nitrogens with zero attached hydrogens (tertiary/aromatic N) is 2. The molecule has 6 heteroatoms. The van der Waals surface area contributed by atoms with Gasteiger partial charge in [-0.15, -0.1) is 0 Å². The van der Waals surface area contributed by atoms with E-state index in [-0.39, 0.29) is 42.5 Å². The minimum atomic E-state index is -0.308. The molecule has 0 saturated carbocycles. The van der Waals surface area contributed by atoms with Crippen LogP contribution >= 0.6 is 0 Å². The van der Waals surface area contributed by atoms with E-state index in [1.54, 1.807) is 9.80 Å². The zero-order chi connectivity index (χ0) is 17.1. The molecule has 0 bridgehead atoms. The van der Waals surface area contributed by atoms with Crippen LogP contribution < -0.4 is 5.32 Å². The Morgan fingerprint density at radius 3 is 2.62 bits per heavy atom. The fourth-order valence-corrected chi connectivity index (χ4v) is 3.54. The third-order valence-electron chi connectivity index (χ3n) is 4.84. The van der Waals surface area contributed by atoms with Crippen molar-refractivity contribution in [1.29, 1.82) is 0 Å². The summed E-state index contributed by atoms with van der Waals surface area (Å²) in [6, 6.07) is 9.37. The number of hydrogen-bond donors (Lipinski definition) is 1. The molecule has 128 valence electrons. The maximum Gasteiger partial charge on any atom is 0.228 e. The molecule has 2 heterocycles. The van der Waals surface area contributed by atoms with Crippen LogP contribution in [0.5, 0.6) is 0 Å². The standard InChI is InChI=1S/C18H23N3O3/c1-2-20-12-14(10-17(20)23)18(24)21-9-8-19-16(22)11-15(21)13-6-4-3-5-7-13/h3-7,14-15H,2,8-12H2,1H3,(H,19,22)/t14-,15-/m1/s1. The van der Waals surface area contributed by atoms with E-state index in [9.17, 15) is 14.4 Å². The Balaban J connectivity index is 1.84. The predicted octanol–water partition coefficient (Wildman–Crippen LogP) is 0.945. The Bertz CT molecular complexity index is 632. The highest BCUT2D eigenvalue weighted by molar-refractivity contribution is 5.90. The largest absolute Gasteiger partial charge is 0.354 e. The van der Waals surface area contributed by atoms with Crippen LogP contribution in [0.2, 0.25) is 0 Å². The summed E-state index contributed by atoms with van der Waals surface area (Å²) >= 11 is 0. The first-order valence-corrected chi connectivity index (χ1v) is 8.50. The molecule has 1 aromatic rings. The van der Waals surface area contributed by atoms with Crippen molar-refractivity contribution in [2.24, 2.45) is 5.92 Å². The zero-order valence-electron chi connectivity index (χ0n) is 13.9. The molecule has 24 heavy (non-hydrogen) atoms. The summed E-state index contributed by atoms with van der Waals surface area (Å²) < 4.78 is 0. The summed E-state index contributed by atoms with van der Waals surface area (Å²) in [7, 11) is 0. The third kappa shape index (κ3) is 3.27. The van der Waals surface area contributed by atoms with Gasteiger partial charge in [0.25, 0.3) is 0 Å². The Morgan fingerprint density at radius 1 is 1.21 bits per heavy atom. The van der Waals surface area contributed by atoms with E-state index < -0.39 is 0 Å². The van der Waals surface area contributed by atoms with E-state index in [0.29, 0.717) is 26.2 Å². The van der Waals surface area contributed by atoms with Gasteiger partial charge in [-0.25, -0.2) is 0 Å². The summed E-state index contributed by atoms with van der Waals surface area (Å²) in [5.41, 5.74) is 0.958. The topological polar surface area (TPSA) is 69.7 Å². The highest BCUT2D eigenvalue weighted by Crippen LogP contribution is 2.29. The molecule has 0 aromatic heterocycles. The molecule has 0 unspecified atom stereocenters. The minimum absolute atomic E-state index is 0.0235. The molecule has 1 aromatic carbocycles. The summed E-state index contributed by atoms with van der Waals surface area (Å²) in [5.74, 6) is -0.338. The van der Waals surface area contributed by atoms with Crippen molar-refractivity contribution in [1.82, 2.24) is 15.1 Å². The van der Waals surface area contributed by atoms with Crippen molar-refractivity contribution < 1.29 is 14.4 Å². The van der Waals surface area contributed by atoms with Crippen LogP contribution in [-0.2, 0) is 14.4 Å². The normalized spacial score (nSPS) is 24.7. The van der Waals surface area contributed by atoms with Crippen LogP contribution in [0.15, 0.2) is 30.3 Å². The Hall–Kier alpha value is -2.37. The Morgan fingerprint density at radius 2 is 1.96 bits per heavy atom. The molecule has 3 rings (SSSR count). The van der Waals surface area contributed by atoms with Crippen molar-refractivity contribution in [3.05, 3.63) is 35.9 Å². The van der Waals surface area contributed by atoms with Gasteiger partial charge < -0.3 is 15.1 Å². The van der Waals surface area contributed by atoms with E-state index >= 15 is 0 Å². The van der Waals surface area contributed by atoms with Gasteiger partial charge in [0, 0.05) is 32.6 Å². The summed E-state index contributed by atoms with van der Waals surface area (Å²) in [4.78, 5) is 40.5. The van der Waals surface area contributed by atoms with Gasteiger partial charge in [-0.2, -0.15) is 0 Å². The molecule has 0 radical (unpaired) electrons. The molecular weight excluding hydrogens is 306 g/mol. The number of nitrogens with one attached hydrogen (secondary N) is 1. The van der Waals surface area contributed by atoms with E-state index in [1.165, 1.54) is 0 Å². The minimum Gasteiger partial charge on any atom is -0.354 e.